The van der Waals surface area contributed by atoms with Gasteiger partial charge in [-0.05, 0) is 36.3 Å². The van der Waals surface area contributed by atoms with Crippen LogP contribution in [0.4, 0.5) is 0 Å². The molecular weight excluding hydrogens is 250 g/mol. The minimum Gasteiger partial charge on any atom is -0.481 e. The van der Waals surface area contributed by atoms with Crippen LogP contribution in [0.5, 0.6) is 0 Å². The first-order chi connectivity index (χ1) is 9.68. The second-order valence-corrected chi connectivity index (χ2v) is 5.86. The topological polar surface area (TPSA) is 63.3 Å². The van der Waals surface area contributed by atoms with Crippen molar-refractivity contribution in [2.24, 2.45) is 5.73 Å². The number of carboxylic acid groups (broad SMARTS) is 1. The number of hydrogen-bond acceptors (Lipinski definition) is 2. The lowest BCUT2D eigenvalue weighted by Gasteiger charge is -2.22. The summed E-state index contributed by atoms with van der Waals surface area (Å²) in [6.07, 6.45) is 8.39. The quantitative estimate of drug-likeness (QED) is 0.799. The largest absolute Gasteiger partial charge is 0.481 e. The predicted molar refractivity (Wildman–Crippen MR) is 80.7 cm³/mol. The molecule has 110 valence electrons. The fourth-order valence-corrected chi connectivity index (χ4v) is 3.25. The lowest BCUT2D eigenvalue weighted by Crippen LogP contribution is -2.15. The molecular formula is C17H25NO2. The third-order valence-electron chi connectivity index (χ3n) is 4.36. The van der Waals surface area contributed by atoms with E-state index in [2.05, 4.69) is 18.2 Å². The minimum atomic E-state index is -0.771. The van der Waals surface area contributed by atoms with E-state index in [0.717, 1.165) is 5.56 Å². The second kappa shape index (κ2) is 7.44. The van der Waals surface area contributed by atoms with E-state index in [1.807, 2.05) is 6.07 Å². The van der Waals surface area contributed by atoms with Crippen molar-refractivity contribution in [2.45, 2.75) is 63.3 Å². The molecule has 0 saturated heterocycles. The summed E-state index contributed by atoms with van der Waals surface area (Å²) in [5, 5.41) is 8.81. The Bertz CT molecular complexity index is 436. The molecule has 1 aliphatic rings. The molecule has 3 N–H and O–H groups in total. The first-order valence-electron chi connectivity index (χ1n) is 7.74. The molecule has 1 aliphatic carbocycles. The molecule has 0 radical (unpaired) electrons. The van der Waals surface area contributed by atoms with Crippen LogP contribution >= 0.6 is 0 Å². The molecule has 0 spiro atoms. The minimum absolute atomic E-state index is 0.139. The van der Waals surface area contributed by atoms with Gasteiger partial charge in [0.1, 0.15) is 0 Å². The summed E-state index contributed by atoms with van der Waals surface area (Å²) in [7, 11) is 0. The Labute approximate surface area is 121 Å². The second-order valence-electron chi connectivity index (χ2n) is 5.86. The summed E-state index contributed by atoms with van der Waals surface area (Å²) in [5.41, 5.74) is 8.73. The van der Waals surface area contributed by atoms with Crippen LogP contribution in [0.2, 0.25) is 0 Å². The van der Waals surface area contributed by atoms with Crippen LogP contribution in [0.15, 0.2) is 24.3 Å². The van der Waals surface area contributed by atoms with E-state index < -0.39 is 5.97 Å². The molecule has 0 amide bonds. The van der Waals surface area contributed by atoms with Gasteiger partial charge in [-0.2, -0.15) is 0 Å². The molecule has 1 atom stereocenters. The standard InChI is InChI=1S/C17H25NO2/c18-16(11-12-17(19)20)15-10-6-5-9-14(15)13-7-3-1-2-4-8-13/h5-6,9-10,13,16H,1-4,7-8,11-12,18H2,(H,19,20). The normalized spacial score (nSPS) is 18.4. The third-order valence-corrected chi connectivity index (χ3v) is 4.36. The fraction of sp³-hybridized carbons (Fsp3) is 0.588. The summed E-state index contributed by atoms with van der Waals surface area (Å²) in [6.45, 7) is 0. The zero-order chi connectivity index (χ0) is 14.4. The average molecular weight is 275 g/mol. The maximum Gasteiger partial charge on any atom is 0.303 e. The lowest BCUT2D eigenvalue weighted by molar-refractivity contribution is -0.137. The smallest absolute Gasteiger partial charge is 0.303 e. The van der Waals surface area contributed by atoms with Crippen molar-refractivity contribution in [1.29, 1.82) is 0 Å². The molecule has 2 rings (SSSR count). The van der Waals surface area contributed by atoms with Gasteiger partial charge in [0.05, 0.1) is 0 Å². The number of benzene rings is 1. The predicted octanol–water partition coefficient (Wildman–Crippen LogP) is 3.99. The molecule has 1 aromatic rings. The Hall–Kier alpha value is -1.35. The van der Waals surface area contributed by atoms with E-state index in [-0.39, 0.29) is 12.5 Å². The van der Waals surface area contributed by atoms with Gasteiger partial charge in [-0.25, -0.2) is 0 Å². The number of carbonyl (C=O) groups is 1. The molecule has 1 fully saturated rings. The summed E-state index contributed by atoms with van der Waals surface area (Å²) in [4.78, 5) is 10.7. The van der Waals surface area contributed by atoms with Crippen LogP contribution in [-0.4, -0.2) is 11.1 Å². The van der Waals surface area contributed by atoms with Crippen LogP contribution in [0.3, 0.4) is 0 Å². The Morgan fingerprint density at radius 2 is 1.85 bits per heavy atom. The molecule has 3 heteroatoms. The Morgan fingerprint density at radius 3 is 2.50 bits per heavy atom. The average Bonchev–Trinajstić information content (AvgIpc) is 2.73. The summed E-state index contributed by atoms with van der Waals surface area (Å²) >= 11 is 0. The van der Waals surface area contributed by atoms with Gasteiger partial charge in [0.25, 0.3) is 0 Å². The van der Waals surface area contributed by atoms with Gasteiger partial charge in [-0.1, -0.05) is 49.9 Å². The van der Waals surface area contributed by atoms with Gasteiger partial charge in [-0.3, -0.25) is 4.79 Å². The number of nitrogens with two attached hydrogens (primary N) is 1. The van der Waals surface area contributed by atoms with E-state index in [0.29, 0.717) is 12.3 Å². The molecule has 0 aromatic heterocycles. The van der Waals surface area contributed by atoms with E-state index in [1.165, 1.54) is 44.1 Å². The molecule has 0 aliphatic heterocycles. The van der Waals surface area contributed by atoms with Crippen LogP contribution in [0, 0.1) is 0 Å². The van der Waals surface area contributed by atoms with Crippen molar-refractivity contribution in [3.05, 3.63) is 35.4 Å². The van der Waals surface area contributed by atoms with Crippen molar-refractivity contribution in [3.63, 3.8) is 0 Å². The maximum atomic E-state index is 10.7. The van der Waals surface area contributed by atoms with Gasteiger partial charge >= 0.3 is 5.97 Å². The summed E-state index contributed by atoms with van der Waals surface area (Å²) in [5.74, 6) is -0.169. The molecule has 1 aromatic carbocycles. The number of aliphatic carboxylic acids is 1. The third kappa shape index (κ3) is 4.07. The molecule has 20 heavy (non-hydrogen) atoms. The number of hydrogen-bond donors (Lipinski definition) is 2. The zero-order valence-electron chi connectivity index (χ0n) is 12.1. The maximum absolute atomic E-state index is 10.7. The highest BCUT2D eigenvalue weighted by Crippen LogP contribution is 2.35. The van der Waals surface area contributed by atoms with Crippen molar-refractivity contribution < 1.29 is 9.90 Å². The number of carboxylic acids is 1. The van der Waals surface area contributed by atoms with Gasteiger partial charge in [0.2, 0.25) is 0 Å². The first kappa shape index (κ1) is 15.0. The molecule has 1 unspecified atom stereocenters. The van der Waals surface area contributed by atoms with Crippen LogP contribution in [0.25, 0.3) is 0 Å². The van der Waals surface area contributed by atoms with Crippen LogP contribution in [0.1, 0.15) is 74.5 Å². The van der Waals surface area contributed by atoms with Crippen LogP contribution in [-0.2, 0) is 4.79 Å². The zero-order valence-corrected chi connectivity index (χ0v) is 12.1. The highest BCUT2D eigenvalue weighted by molar-refractivity contribution is 5.66. The molecule has 3 nitrogen and oxygen atoms in total. The van der Waals surface area contributed by atoms with Crippen molar-refractivity contribution >= 4 is 5.97 Å². The number of rotatable bonds is 5. The SMILES string of the molecule is NC(CCC(=O)O)c1ccccc1C1CCCCCC1. The molecule has 0 heterocycles. The van der Waals surface area contributed by atoms with Crippen molar-refractivity contribution in [3.8, 4) is 0 Å². The monoisotopic (exact) mass is 275 g/mol. The highest BCUT2D eigenvalue weighted by atomic mass is 16.4. The van der Waals surface area contributed by atoms with Gasteiger partial charge in [0, 0.05) is 12.5 Å². The fourth-order valence-electron chi connectivity index (χ4n) is 3.25. The van der Waals surface area contributed by atoms with Crippen molar-refractivity contribution in [2.75, 3.05) is 0 Å². The highest BCUT2D eigenvalue weighted by Gasteiger charge is 2.20. The first-order valence-corrected chi connectivity index (χ1v) is 7.74. The van der Waals surface area contributed by atoms with Crippen molar-refractivity contribution in [1.82, 2.24) is 0 Å². The van der Waals surface area contributed by atoms with E-state index in [9.17, 15) is 4.79 Å². The molecule has 0 bridgehead atoms. The van der Waals surface area contributed by atoms with E-state index in [4.69, 9.17) is 10.8 Å². The summed E-state index contributed by atoms with van der Waals surface area (Å²) < 4.78 is 0. The van der Waals surface area contributed by atoms with Gasteiger partial charge in [-0.15, -0.1) is 0 Å². The Morgan fingerprint density at radius 1 is 1.20 bits per heavy atom. The Balaban J connectivity index is 2.13. The van der Waals surface area contributed by atoms with Gasteiger partial charge < -0.3 is 10.8 Å². The van der Waals surface area contributed by atoms with E-state index in [1.54, 1.807) is 0 Å². The Kier molecular flexibility index (Phi) is 5.60. The van der Waals surface area contributed by atoms with Crippen LogP contribution < -0.4 is 5.73 Å². The molecule has 1 saturated carbocycles. The summed E-state index contributed by atoms with van der Waals surface area (Å²) in [6, 6.07) is 8.19. The lowest BCUT2D eigenvalue weighted by atomic mass is 9.85. The van der Waals surface area contributed by atoms with Gasteiger partial charge in [0.15, 0.2) is 0 Å². The van der Waals surface area contributed by atoms with E-state index >= 15 is 0 Å².